The van der Waals surface area contributed by atoms with E-state index in [0.29, 0.717) is 34.7 Å². The van der Waals surface area contributed by atoms with E-state index < -0.39 is 0 Å². The number of aromatic amines is 1. The molecule has 0 spiro atoms. The number of nitrogens with one attached hydrogen (secondary N) is 1. The molecule has 5 nitrogen and oxygen atoms in total. The van der Waals surface area contributed by atoms with E-state index in [0.717, 1.165) is 14.8 Å². The highest BCUT2D eigenvalue weighted by Crippen LogP contribution is 2.18. The van der Waals surface area contributed by atoms with Gasteiger partial charge in [-0.3, -0.25) is 14.2 Å². The van der Waals surface area contributed by atoms with Gasteiger partial charge in [0.05, 0.1) is 11.2 Å². The number of hydrogen-bond acceptors (Lipinski definition) is 3. The van der Waals surface area contributed by atoms with Gasteiger partial charge in [-0.2, -0.15) is 0 Å². The SMILES string of the molecule is Cc1ccc2c(=O)c3c(=O)n(-c4ccc(I)cc4)c(CC(C)C)nc3[nH]c2c1. The summed E-state index contributed by atoms with van der Waals surface area (Å²) >= 11 is 2.23. The molecule has 2 aromatic heterocycles. The maximum absolute atomic E-state index is 13.4. The first kappa shape index (κ1) is 18.9. The van der Waals surface area contributed by atoms with Gasteiger partial charge < -0.3 is 4.98 Å². The molecule has 2 aromatic carbocycles. The Hall–Kier alpha value is -2.48. The van der Waals surface area contributed by atoms with E-state index in [1.54, 1.807) is 10.6 Å². The van der Waals surface area contributed by atoms with Gasteiger partial charge in [0.2, 0.25) is 5.43 Å². The molecule has 0 fully saturated rings. The van der Waals surface area contributed by atoms with Crippen LogP contribution in [0.3, 0.4) is 0 Å². The van der Waals surface area contributed by atoms with Crippen molar-refractivity contribution in [2.24, 2.45) is 5.92 Å². The van der Waals surface area contributed by atoms with Crippen LogP contribution in [0.5, 0.6) is 0 Å². The summed E-state index contributed by atoms with van der Waals surface area (Å²) in [6, 6.07) is 13.2. The molecule has 6 heteroatoms. The van der Waals surface area contributed by atoms with Crippen molar-refractivity contribution < 1.29 is 0 Å². The van der Waals surface area contributed by atoms with Crippen molar-refractivity contribution in [2.45, 2.75) is 27.2 Å². The number of fused-ring (bicyclic) bond motifs is 2. The molecule has 0 radical (unpaired) electrons. The number of aryl methyl sites for hydroxylation is 1. The minimum atomic E-state index is -0.328. The summed E-state index contributed by atoms with van der Waals surface area (Å²) in [4.78, 5) is 34.5. The van der Waals surface area contributed by atoms with Gasteiger partial charge in [0.15, 0.2) is 0 Å². The highest BCUT2D eigenvalue weighted by molar-refractivity contribution is 14.1. The smallest absolute Gasteiger partial charge is 0.271 e. The second-order valence-corrected chi connectivity index (χ2v) is 8.72. The van der Waals surface area contributed by atoms with Crippen molar-refractivity contribution in [3.8, 4) is 5.69 Å². The molecule has 0 aliphatic carbocycles. The second-order valence-electron chi connectivity index (χ2n) is 7.47. The monoisotopic (exact) mass is 485 g/mol. The van der Waals surface area contributed by atoms with Crippen molar-refractivity contribution in [1.82, 2.24) is 14.5 Å². The van der Waals surface area contributed by atoms with Crippen molar-refractivity contribution >= 4 is 44.5 Å². The summed E-state index contributed by atoms with van der Waals surface area (Å²) in [5, 5.41) is 0.602. The number of H-pyrrole nitrogens is 1. The third-order valence-corrected chi connectivity index (χ3v) is 5.45. The van der Waals surface area contributed by atoms with E-state index in [2.05, 4.69) is 41.4 Å². The predicted molar refractivity (Wildman–Crippen MR) is 121 cm³/mol. The summed E-state index contributed by atoms with van der Waals surface area (Å²) in [5.41, 5.74) is 2.20. The van der Waals surface area contributed by atoms with Gasteiger partial charge in [-0.05, 0) is 77.4 Å². The fourth-order valence-corrected chi connectivity index (χ4v) is 3.80. The van der Waals surface area contributed by atoms with Gasteiger partial charge in [-0.1, -0.05) is 19.9 Å². The molecular weight excluding hydrogens is 465 g/mol. The Balaban J connectivity index is 2.14. The maximum atomic E-state index is 13.4. The lowest BCUT2D eigenvalue weighted by atomic mass is 10.1. The van der Waals surface area contributed by atoms with Crippen LogP contribution in [0.2, 0.25) is 0 Å². The van der Waals surface area contributed by atoms with Crippen LogP contribution in [0, 0.1) is 16.4 Å². The Morgan fingerprint density at radius 1 is 1.11 bits per heavy atom. The van der Waals surface area contributed by atoms with Gasteiger partial charge in [0, 0.05) is 15.4 Å². The zero-order valence-corrected chi connectivity index (χ0v) is 18.1. The lowest BCUT2D eigenvalue weighted by Gasteiger charge is -2.15. The predicted octanol–water partition coefficient (Wildman–Crippen LogP) is 4.34. The topological polar surface area (TPSA) is 67.8 Å². The fraction of sp³-hybridized carbons (Fsp3) is 0.227. The molecule has 1 N–H and O–H groups in total. The van der Waals surface area contributed by atoms with Crippen molar-refractivity contribution in [2.75, 3.05) is 0 Å². The first-order valence-corrected chi connectivity index (χ1v) is 10.3. The van der Waals surface area contributed by atoms with E-state index in [-0.39, 0.29) is 16.4 Å². The molecule has 0 aliphatic rings. The lowest BCUT2D eigenvalue weighted by molar-refractivity contribution is 0.605. The Morgan fingerprint density at radius 2 is 1.82 bits per heavy atom. The Morgan fingerprint density at radius 3 is 2.50 bits per heavy atom. The molecule has 0 bridgehead atoms. The van der Waals surface area contributed by atoms with E-state index in [1.165, 1.54) is 0 Å². The number of hydrogen-bond donors (Lipinski definition) is 1. The van der Waals surface area contributed by atoms with E-state index >= 15 is 0 Å². The fourth-order valence-electron chi connectivity index (χ4n) is 3.44. The first-order chi connectivity index (χ1) is 13.3. The third kappa shape index (κ3) is 3.26. The molecule has 142 valence electrons. The zero-order valence-electron chi connectivity index (χ0n) is 15.9. The van der Waals surface area contributed by atoms with Crippen LogP contribution in [0.15, 0.2) is 52.1 Å². The highest BCUT2D eigenvalue weighted by Gasteiger charge is 2.18. The van der Waals surface area contributed by atoms with Crippen LogP contribution in [-0.2, 0) is 6.42 Å². The average Bonchev–Trinajstić information content (AvgIpc) is 2.62. The van der Waals surface area contributed by atoms with Crippen LogP contribution in [-0.4, -0.2) is 14.5 Å². The summed E-state index contributed by atoms with van der Waals surface area (Å²) in [6.45, 7) is 6.14. The minimum absolute atomic E-state index is 0.0995. The molecule has 0 saturated heterocycles. The summed E-state index contributed by atoms with van der Waals surface area (Å²) in [6.07, 6.45) is 0.630. The molecule has 4 rings (SSSR count). The zero-order chi connectivity index (χ0) is 20.0. The molecule has 0 amide bonds. The Bertz CT molecular complexity index is 1320. The lowest BCUT2D eigenvalue weighted by Crippen LogP contribution is -2.29. The minimum Gasteiger partial charge on any atom is -0.339 e. The summed E-state index contributed by atoms with van der Waals surface area (Å²) in [5.74, 6) is 0.963. The average molecular weight is 485 g/mol. The normalized spacial score (nSPS) is 11.6. The van der Waals surface area contributed by atoms with Gasteiger partial charge in [-0.15, -0.1) is 0 Å². The van der Waals surface area contributed by atoms with Crippen molar-refractivity contribution in [3.63, 3.8) is 0 Å². The second kappa shape index (κ2) is 7.16. The largest absolute Gasteiger partial charge is 0.339 e. The molecule has 2 heterocycles. The molecule has 0 saturated carbocycles. The van der Waals surface area contributed by atoms with E-state index in [1.807, 2.05) is 43.3 Å². The first-order valence-electron chi connectivity index (χ1n) is 9.19. The summed E-state index contributed by atoms with van der Waals surface area (Å²) in [7, 11) is 0. The van der Waals surface area contributed by atoms with Crippen LogP contribution in [0.1, 0.15) is 25.2 Å². The molecule has 0 atom stereocenters. The highest BCUT2D eigenvalue weighted by atomic mass is 127. The Labute approximate surface area is 175 Å². The quantitative estimate of drug-likeness (QED) is 0.347. The molecule has 0 unspecified atom stereocenters. The summed E-state index contributed by atoms with van der Waals surface area (Å²) < 4.78 is 2.65. The van der Waals surface area contributed by atoms with Crippen molar-refractivity contribution in [3.05, 3.63) is 78.0 Å². The number of rotatable bonds is 3. The van der Waals surface area contributed by atoms with Crippen LogP contribution >= 0.6 is 22.6 Å². The van der Waals surface area contributed by atoms with Gasteiger partial charge in [0.25, 0.3) is 5.56 Å². The van der Waals surface area contributed by atoms with E-state index in [4.69, 9.17) is 4.98 Å². The number of benzene rings is 2. The number of pyridine rings is 1. The van der Waals surface area contributed by atoms with Gasteiger partial charge in [0.1, 0.15) is 16.9 Å². The van der Waals surface area contributed by atoms with Crippen LogP contribution in [0.25, 0.3) is 27.6 Å². The van der Waals surface area contributed by atoms with Crippen LogP contribution in [0.4, 0.5) is 0 Å². The third-order valence-electron chi connectivity index (χ3n) is 4.73. The Kier molecular flexibility index (Phi) is 4.82. The maximum Gasteiger partial charge on any atom is 0.271 e. The standard InChI is InChI=1S/C22H20IN3O2/c1-12(2)10-18-25-21-19(20(27)16-9-4-13(3)11-17(16)24-21)22(28)26(18)15-7-5-14(23)6-8-15/h4-9,11-12H,10H2,1-3H3,(H,24,27). The number of nitrogens with zero attached hydrogens (tertiary/aromatic N) is 2. The van der Waals surface area contributed by atoms with E-state index in [9.17, 15) is 9.59 Å². The van der Waals surface area contributed by atoms with Gasteiger partial charge >= 0.3 is 0 Å². The molecule has 4 aromatic rings. The van der Waals surface area contributed by atoms with Crippen molar-refractivity contribution in [1.29, 1.82) is 0 Å². The molecule has 0 aliphatic heterocycles. The number of halogens is 1. The molecular formula is C22H20IN3O2. The number of aromatic nitrogens is 3. The van der Waals surface area contributed by atoms with Crippen LogP contribution < -0.4 is 11.0 Å². The molecule has 28 heavy (non-hydrogen) atoms. The van der Waals surface area contributed by atoms with Gasteiger partial charge in [-0.25, -0.2) is 4.98 Å².